The Balaban J connectivity index is 1.83. The summed E-state index contributed by atoms with van der Waals surface area (Å²) in [7, 11) is 3.15. The van der Waals surface area contributed by atoms with Gasteiger partial charge in [-0.25, -0.2) is 0 Å². The van der Waals surface area contributed by atoms with Crippen molar-refractivity contribution in [2.75, 3.05) is 26.1 Å². The Kier molecular flexibility index (Phi) is 6.00. The van der Waals surface area contributed by atoms with Crippen molar-refractivity contribution in [1.29, 1.82) is 0 Å². The Hall–Kier alpha value is -3.64. The first kappa shape index (κ1) is 20.6. The number of hydrogen-bond donors (Lipinski definition) is 2. The molecule has 1 aliphatic rings. The minimum atomic E-state index is -0.569. The van der Waals surface area contributed by atoms with Crippen molar-refractivity contribution in [2.24, 2.45) is 10.7 Å². The fourth-order valence-electron chi connectivity index (χ4n) is 3.81. The van der Waals surface area contributed by atoms with Crippen LogP contribution in [-0.2, 0) is 11.2 Å². The van der Waals surface area contributed by atoms with E-state index in [2.05, 4.69) is 5.32 Å². The zero-order chi connectivity index (χ0) is 21.8. The summed E-state index contributed by atoms with van der Waals surface area (Å²) in [5, 5.41) is 2.97. The molecule has 1 unspecified atom stereocenters. The molecular weight excluding hydrogens is 390 g/mol. The van der Waals surface area contributed by atoms with Crippen molar-refractivity contribution >= 4 is 23.0 Å². The number of aliphatic imine (C=N–C) groups is 1. The first-order valence-electron chi connectivity index (χ1n) is 10.1. The average Bonchev–Trinajstić information content (AvgIpc) is 3.12. The van der Waals surface area contributed by atoms with E-state index in [1.165, 1.54) is 0 Å². The largest absolute Gasteiger partial charge is 0.493 e. The number of amides is 1. The number of ether oxygens (including phenoxy) is 2. The molecule has 3 aromatic carbocycles. The number of rotatable bonds is 7. The van der Waals surface area contributed by atoms with Gasteiger partial charge in [-0.15, -0.1) is 0 Å². The first-order valence-corrected chi connectivity index (χ1v) is 10.1. The van der Waals surface area contributed by atoms with E-state index in [0.29, 0.717) is 29.4 Å². The van der Waals surface area contributed by atoms with Gasteiger partial charge in [-0.1, -0.05) is 42.5 Å². The number of methoxy groups -OCH3 is 2. The van der Waals surface area contributed by atoms with Crippen molar-refractivity contribution in [1.82, 2.24) is 0 Å². The van der Waals surface area contributed by atoms with Crippen molar-refractivity contribution in [3.63, 3.8) is 0 Å². The monoisotopic (exact) mass is 415 g/mol. The molecule has 6 heteroatoms. The highest BCUT2D eigenvalue weighted by atomic mass is 16.5. The molecule has 31 heavy (non-hydrogen) atoms. The van der Waals surface area contributed by atoms with Crippen LogP contribution in [0.3, 0.4) is 0 Å². The van der Waals surface area contributed by atoms with Crippen LogP contribution in [0.5, 0.6) is 11.5 Å². The lowest BCUT2D eigenvalue weighted by molar-refractivity contribution is -0.115. The normalized spacial score (nSPS) is 15.4. The van der Waals surface area contributed by atoms with Gasteiger partial charge in [-0.2, -0.15) is 0 Å². The summed E-state index contributed by atoms with van der Waals surface area (Å²) in [6.07, 6.45) is 0.815. The number of hydrogen-bond acceptors (Lipinski definition) is 5. The van der Waals surface area contributed by atoms with Crippen LogP contribution >= 0.6 is 0 Å². The van der Waals surface area contributed by atoms with Crippen molar-refractivity contribution in [3.05, 3.63) is 83.4 Å². The quantitative estimate of drug-likeness (QED) is 0.570. The van der Waals surface area contributed by atoms with Crippen molar-refractivity contribution in [2.45, 2.75) is 12.3 Å². The van der Waals surface area contributed by atoms with Gasteiger partial charge in [0.25, 0.3) is 0 Å². The Labute approximate surface area is 181 Å². The van der Waals surface area contributed by atoms with Gasteiger partial charge in [-0.3, -0.25) is 9.79 Å². The molecule has 1 atom stereocenters. The van der Waals surface area contributed by atoms with E-state index < -0.39 is 5.92 Å². The topological polar surface area (TPSA) is 85.9 Å². The van der Waals surface area contributed by atoms with Gasteiger partial charge < -0.3 is 20.5 Å². The van der Waals surface area contributed by atoms with E-state index >= 15 is 0 Å². The lowest BCUT2D eigenvalue weighted by atomic mass is 9.90. The number of carbonyl (C=O) groups is 1. The third kappa shape index (κ3) is 4.15. The van der Waals surface area contributed by atoms with Gasteiger partial charge >= 0.3 is 0 Å². The molecule has 4 rings (SSSR count). The molecule has 0 radical (unpaired) electrons. The second kappa shape index (κ2) is 9.02. The molecule has 3 aromatic rings. The van der Waals surface area contributed by atoms with E-state index in [1.54, 1.807) is 20.3 Å². The highest BCUT2D eigenvalue weighted by molar-refractivity contribution is 6.24. The summed E-state index contributed by atoms with van der Waals surface area (Å²) in [4.78, 5) is 18.0. The maximum absolute atomic E-state index is 13.1. The van der Waals surface area contributed by atoms with Crippen LogP contribution in [0.1, 0.15) is 22.6 Å². The lowest BCUT2D eigenvalue weighted by Gasteiger charge is -2.15. The Morgan fingerprint density at radius 3 is 2.32 bits per heavy atom. The molecule has 1 heterocycles. The van der Waals surface area contributed by atoms with E-state index in [1.807, 2.05) is 60.7 Å². The highest BCUT2D eigenvalue weighted by Crippen LogP contribution is 2.42. The van der Waals surface area contributed by atoms with E-state index in [-0.39, 0.29) is 5.91 Å². The van der Waals surface area contributed by atoms with Crippen LogP contribution in [0, 0.1) is 0 Å². The molecular formula is C25H25N3O3. The molecule has 0 aliphatic carbocycles. The number of nitrogens with one attached hydrogen (secondary N) is 1. The number of fused-ring (bicyclic) bond motifs is 1. The number of nitrogens with zero attached hydrogens (tertiary/aromatic N) is 1. The second-order valence-electron chi connectivity index (χ2n) is 7.28. The molecule has 1 aliphatic heterocycles. The third-order valence-electron chi connectivity index (χ3n) is 5.35. The fraction of sp³-hybridized carbons (Fsp3) is 0.200. The smallest absolute Gasteiger partial charge is 0.238 e. The standard InChI is InChI=1S/C25H25N3O3/c1-30-21-14-19-20(15-22(21)31-2)28-25(29)23(19)24(17-6-4-3-5-7-17)27-18-10-8-16(9-11-18)12-13-26/h3-11,14-15,23H,12-13,26H2,1-2H3,(H,28,29). The Morgan fingerprint density at radius 1 is 1.00 bits per heavy atom. The molecule has 1 amide bonds. The van der Waals surface area contributed by atoms with Gasteiger partial charge in [-0.05, 0) is 47.9 Å². The molecule has 0 fully saturated rings. The molecule has 158 valence electrons. The highest BCUT2D eigenvalue weighted by Gasteiger charge is 2.36. The van der Waals surface area contributed by atoms with Gasteiger partial charge in [0.15, 0.2) is 11.5 Å². The van der Waals surface area contributed by atoms with Crippen LogP contribution in [0.2, 0.25) is 0 Å². The number of carbonyl (C=O) groups excluding carboxylic acids is 1. The Bertz CT molecular complexity index is 1110. The van der Waals surface area contributed by atoms with Crippen LogP contribution in [0.4, 0.5) is 11.4 Å². The van der Waals surface area contributed by atoms with Gasteiger partial charge in [0, 0.05) is 11.8 Å². The average molecular weight is 415 g/mol. The number of benzene rings is 3. The summed E-state index contributed by atoms with van der Waals surface area (Å²) in [6, 6.07) is 21.3. The van der Waals surface area contributed by atoms with Crippen LogP contribution < -0.4 is 20.5 Å². The summed E-state index contributed by atoms with van der Waals surface area (Å²) >= 11 is 0. The summed E-state index contributed by atoms with van der Waals surface area (Å²) in [5.41, 5.74) is 10.7. The molecule has 3 N–H and O–H groups in total. The van der Waals surface area contributed by atoms with E-state index in [0.717, 1.165) is 28.8 Å². The van der Waals surface area contributed by atoms with Gasteiger partial charge in [0.2, 0.25) is 5.91 Å². The number of anilines is 1. The van der Waals surface area contributed by atoms with E-state index in [4.69, 9.17) is 20.2 Å². The molecule has 0 saturated carbocycles. The zero-order valence-electron chi connectivity index (χ0n) is 17.6. The first-order chi connectivity index (χ1) is 15.1. The van der Waals surface area contributed by atoms with Crippen molar-refractivity contribution < 1.29 is 14.3 Å². The number of nitrogens with two attached hydrogens (primary N) is 1. The summed E-state index contributed by atoms with van der Waals surface area (Å²) < 4.78 is 10.9. The van der Waals surface area contributed by atoms with Crippen molar-refractivity contribution in [3.8, 4) is 11.5 Å². The zero-order valence-corrected chi connectivity index (χ0v) is 17.6. The maximum atomic E-state index is 13.1. The molecule has 6 nitrogen and oxygen atoms in total. The predicted molar refractivity (Wildman–Crippen MR) is 123 cm³/mol. The minimum absolute atomic E-state index is 0.132. The SMILES string of the molecule is COc1cc2c(cc1OC)C(C(=Nc1ccc(CCN)cc1)c1ccccc1)C(=O)N2. The molecule has 0 spiro atoms. The Morgan fingerprint density at radius 2 is 1.68 bits per heavy atom. The molecule has 0 bridgehead atoms. The van der Waals surface area contributed by atoms with Crippen LogP contribution in [0.25, 0.3) is 0 Å². The van der Waals surface area contributed by atoms with Gasteiger partial charge in [0.05, 0.1) is 25.6 Å². The van der Waals surface area contributed by atoms with E-state index in [9.17, 15) is 4.79 Å². The fourth-order valence-corrected chi connectivity index (χ4v) is 3.81. The van der Waals surface area contributed by atoms with Gasteiger partial charge in [0.1, 0.15) is 5.92 Å². The predicted octanol–water partition coefficient (Wildman–Crippen LogP) is 4.06. The molecule has 0 aromatic heterocycles. The summed E-state index contributed by atoms with van der Waals surface area (Å²) in [5.74, 6) is 0.436. The minimum Gasteiger partial charge on any atom is -0.493 e. The lowest BCUT2D eigenvalue weighted by Crippen LogP contribution is -2.22. The third-order valence-corrected chi connectivity index (χ3v) is 5.35. The maximum Gasteiger partial charge on any atom is 0.238 e. The summed E-state index contributed by atoms with van der Waals surface area (Å²) in [6.45, 7) is 0.599. The second-order valence-corrected chi connectivity index (χ2v) is 7.28. The van der Waals surface area contributed by atoms with Crippen LogP contribution in [0.15, 0.2) is 71.7 Å². The van der Waals surface area contributed by atoms with Crippen LogP contribution in [-0.4, -0.2) is 32.4 Å². The molecule has 0 saturated heterocycles.